The number of hydrogen-bond acceptors (Lipinski definition) is 6. The van der Waals surface area contributed by atoms with Crippen LogP contribution in [0.1, 0.15) is 54.2 Å². The lowest BCUT2D eigenvalue weighted by Gasteiger charge is -2.27. The standard InChI is InChI=1S/C23H26N2O5S/c1-29-18-11-10-16(14-5-2-6-14)22-20(18)17(13-30-22)23(26)25-31(27,28)19-9-3-7-15-8-4-12-24-21(15)19/h3,7,9-11,14,17,24H,2,4-6,8,12-13H2,1H3,(H,25,26). The van der Waals surface area contributed by atoms with E-state index in [1.165, 1.54) is 12.5 Å². The zero-order valence-corrected chi connectivity index (χ0v) is 18.3. The Bertz CT molecular complexity index is 1140. The van der Waals surface area contributed by atoms with Crippen LogP contribution in [0.3, 0.4) is 0 Å². The van der Waals surface area contributed by atoms with Crippen LogP contribution in [-0.4, -0.2) is 34.6 Å². The molecule has 1 atom stereocenters. The van der Waals surface area contributed by atoms with Crippen LogP contribution in [0.25, 0.3) is 0 Å². The summed E-state index contributed by atoms with van der Waals surface area (Å²) in [6.45, 7) is 0.806. The van der Waals surface area contributed by atoms with Gasteiger partial charge in [-0.2, -0.15) is 0 Å². The van der Waals surface area contributed by atoms with Gasteiger partial charge in [0.15, 0.2) is 0 Å². The molecule has 7 nitrogen and oxygen atoms in total. The number of benzene rings is 2. The van der Waals surface area contributed by atoms with Gasteiger partial charge >= 0.3 is 0 Å². The topological polar surface area (TPSA) is 93.7 Å². The van der Waals surface area contributed by atoms with Crippen molar-refractivity contribution >= 4 is 21.6 Å². The lowest BCUT2D eigenvalue weighted by molar-refractivity contribution is -0.121. The summed E-state index contributed by atoms with van der Waals surface area (Å²) in [6.07, 6.45) is 5.13. The first kappa shape index (κ1) is 20.2. The van der Waals surface area contributed by atoms with Gasteiger partial charge in [0.1, 0.15) is 28.9 Å². The maximum atomic E-state index is 13.2. The van der Waals surface area contributed by atoms with Crippen LogP contribution >= 0.6 is 0 Å². The van der Waals surface area contributed by atoms with E-state index in [9.17, 15) is 13.2 Å². The summed E-state index contributed by atoms with van der Waals surface area (Å²) in [7, 11) is -2.49. The van der Waals surface area contributed by atoms with Crippen LogP contribution < -0.4 is 19.5 Å². The van der Waals surface area contributed by atoms with E-state index < -0.39 is 21.8 Å². The quantitative estimate of drug-likeness (QED) is 0.738. The predicted octanol–water partition coefficient (Wildman–Crippen LogP) is 3.30. The molecule has 0 radical (unpaired) electrons. The summed E-state index contributed by atoms with van der Waals surface area (Å²) in [4.78, 5) is 13.3. The normalized spacial score (nSPS) is 20.0. The van der Waals surface area contributed by atoms with Crippen molar-refractivity contribution in [2.45, 2.75) is 48.8 Å². The molecule has 1 fully saturated rings. The molecule has 2 aromatic carbocycles. The number of fused-ring (bicyclic) bond motifs is 2. The van der Waals surface area contributed by atoms with Gasteiger partial charge in [0.2, 0.25) is 5.91 Å². The molecule has 2 aliphatic heterocycles. The predicted molar refractivity (Wildman–Crippen MR) is 116 cm³/mol. The summed E-state index contributed by atoms with van der Waals surface area (Å²) in [6, 6.07) is 9.01. The minimum absolute atomic E-state index is 0.0991. The average Bonchev–Trinajstić information content (AvgIpc) is 3.18. The molecule has 164 valence electrons. The Morgan fingerprint density at radius 1 is 1.19 bits per heavy atom. The number of sulfonamides is 1. The molecule has 1 amide bonds. The van der Waals surface area contributed by atoms with Crippen molar-refractivity contribution < 1.29 is 22.7 Å². The van der Waals surface area contributed by atoms with Gasteiger partial charge in [-0.05, 0) is 54.9 Å². The lowest BCUT2D eigenvalue weighted by atomic mass is 9.78. The first-order valence-corrected chi connectivity index (χ1v) is 12.2. The molecule has 0 bridgehead atoms. The van der Waals surface area contributed by atoms with Crippen LogP contribution in [0, 0.1) is 0 Å². The highest BCUT2D eigenvalue weighted by atomic mass is 32.2. The lowest BCUT2D eigenvalue weighted by Crippen LogP contribution is -2.36. The molecule has 0 spiro atoms. The van der Waals surface area contributed by atoms with E-state index in [1.54, 1.807) is 13.2 Å². The van der Waals surface area contributed by atoms with Gasteiger partial charge in [-0.25, -0.2) is 13.1 Å². The van der Waals surface area contributed by atoms with Gasteiger partial charge in [-0.3, -0.25) is 4.79 Å². The first-order chi connectivity index (χ1) is 15.0. The molecule has 1 unspecified atom stereocenters. The van der Waals surface area contributed by atoms with Crippen LogP contribution in [0.5, 0.6) is 11.5 Å². The van der Waals surface area contributed by atoms with Crippen molar-refractivity contribution in [2.24, 2.45) is 0 Å². The van der Waals surface area contributed by atoms with Crippen molar-refractivity contribution in [1.82, 2.24) is 4.72 Å². The highest BCUT2D eigenvalue weighted by molar-refractivity contribution is 7.90. The van der Waals surface area contributed by atoms with E-state index in [0.29, 0.717) is 35.2 Å². The Balaban J connectivity index is 1.45. The number of carbonyl (C=O) groups excluding carboxylic acids is 1. The highest BCUT2D eigenvalue weighted by Crippen LogP contribution is 2.49. The molecular weight excluding hydrogens is 416 g/mol. The molecule has 31 heavy (non-hydrogen) atoms. The smallest absolute Gasteiger partial charge is 0.266 e. The molecule has 0 aromatic heterocycles. The van der Waals surface area contributed by atoms with Crippen molar-refractivity contribution in [2.75, 3.05) is 25.6 Å². The average molecular weight is 443 g/mol. The van der Waals surface area contributed by atoms with Gasteiger partial charge in [0.05, 0.1) is 18.4 Å². The fourth-order valence-electron chi connectivity index (χ4n) is 4.73. The third-order valence-corrected chi connectivity index (χ3v) is 7.96. The van der Waals surface area contributed by atoms with E-state index >= 15 is 0 Å². The van der Waals surface area contributed by atoms with Gasteiger partial charge in [-0.15, -0.1) is 0 Å². The maximum absolute atomic E-state index is 13.2. The molecule has 8 heteroatoms. The zero-order valence-electron chi connectivity index (χ0n) is 17.4. The molecular formula is C23H26N2O5S. The molecule has 3 aliphatic rings. The Morgan fingerprint density at radius 2 is 2.03 bits per heavy atom. The van der Waals surface area contributed by atoms with Gasteiger partial charge in [-0.1, -0.05) is 24.6 Å². The summed E-state index contributed by atoms with van der Waals surface area (Å²) < 4.78 is 40.0. The van der Waals surface area contributed by atoms with Gasteiger partial charge < -0.3 is 14.8 Å². The minimum atomic E-state index is -4.04. The molecule has 2 aromatic rings. The maximum Gasteiger partial charge on any atom is 0.266 e. The van der Waals surface area contributed by atoms with E-state index in [1.807, 2.05) is 18.2 Å². The Hall–Kier alpha value is -2.74. The zero-order chi connectivity index (χ0) is 21.6. The number of aryl methyl sites for hydroxylation is 1. The van der Waals surface area contributed by atoms with Crippen LogP contribution in [-0.2, 0) is 21.2 Å². The number of para-hydroxylation sites is 1. The minimum Gasteiger partial charge on any atom is -0.496 e. The molecule has 1 aliphatic carbocycles. The van der Waals surface area contributed by atoms with E-state index in [2.05, 4.69) is 10.0 Å². The van der Waals surface area contributed by atoms with Crippen LogP contribution in [0.2, 0.25) is 0 Å². The fraction of sp³-hybridized carbons (Fsp3) is 0.435. The summed E-state index contributed by atoms with van der Waals surface area (Å²) in [5.74, 6) is 0.308. The number of anilines is 1. The Kier molecular flexibility index (Phi) is 5.04. The monoisotopic (exact) mass is 442 g/mol. The largest absolute Gasteiger partial charge is 0.496 e. The van der Waals surface area contributed by atoms with Gasteiger partial charge in [0.25, 0.3) is 10.0 Å². The highest BCUT2D eigenvalue weighted by Gasteiger charge is 2.39. The SMILES string of the molecule is COc1ccc(C2CCC2)c2c1C(C(=O)NS(=O)(=O)c1cccc3c1NCCC3)CO2. The number of amides is 1. The second kappa shape index (κ2) is 7.75. The summed E-state index contributed by atoms with van der Waals surface area (Å²) in [5, 5.41) is 3.17. The summed E-state index contributed by atoms with van der Waals surface area (Å²) in [5.41, 5.74) is 3.26. The third-order valence-electron chi connectivity index (χ3n) is 6.57. The molecule has 2 heterocycles. The van der Waals surface area contributed by atoms with E-state index in [-0.39, 0.29) is 11.5 Å². The number of hydrogen-bond donors (Lipinski definition) is 2. The number of nitrogens with one attached hydrogen (secondary N) is 2. The third kappa shape index (κ3) is 3.43. The first-order valence-electron chi connectivity index (χ1n) is 10.8. The van der Waals surface area contributed by atoms with Crippen molar-refractivity contribution in [3.63, 3.8) is 0 Å². The van der Waals surface area contributed by atoms with Crippen LogP contribution in [0.4, 0.5) is 5.69 Å². The second-order valence-corrected chi connectivity index (χ2v) is 10.0. The molecule has 5 rings (SSSR count). The number of methoxy groups -OCH3 is 1. The molecule has 2 N–H and O–H groups in total. The Morgan fingerprint density at radius 3 is 2.77 bits per heavy atom. The van der Waals surface area contributed by atoms with Gasteiger partial charge in [0, 0.05) is 6.54 Å². The van der Waals surface area contributed by atoms with Crippen molar-refractivity contribution in [1.29, 1.82) is 0 Å². The second-order valence-electron chi connectivity index (χ2n) is 8.38. The number of rotatable bonds is 5. The van der Waals surface area contributed by atoms with E-state index in [0.717, 1.165) is 36.8 Å². The van der Waals surface area contributed by atoms with Crippen LogP contribution in [0.15, 0.2) is 35.2 Å². The Labute approximate surface area is 182 Å². The van der Waals surface area contributed by atoms with Crippen molar-refractivity contribution in [3.05, 3.63) is 47.0 Å². The fourth-order valence-corrected chi connectivity index (χ4v) is 5.97. The number of carbonyl (C=O) groups is 1. The van der Waals surface area contributed by atoms with E-state index in [4.69, 9.17) is 9.47 Å². The molecule has 0 saturated heterocycles. The number of ether oxygens (including phenoxy) is 2. The van der Waals surface area contributed by atoms with Crippen molar-refractivity contribution in [3.8, 4) is 11.5 Å². The molecule has 1 saturated carbocycles. The summed E-state index contributed by atoms with van der Waals surface area (Å²) >= 11 is 0.